The molecule has 0 saturated carbocycles. The molecule has 1 amide bonds. The molecule has 4 rings (SSSR count). The van der Waals surface area contributed by atoms with Crippen LogP contribution >= 0.6 is 0 Å². The second kappa shape index (κ2) is 9.43. The Bertz CT molecular complexity index is 979. The third-order valence-corrected chi connectivity index (χ3v) is 6.19. The fourth-order valence-electron chi connectivity index (χ4n) is 4.15. The maximum absolute atomic E-state index is 13.2. The summed E-state index contributed by atoms with van der Waals surface area (Å²) in [6.45, 7) is 6.52. The highest BCUT2D eigenvalue weighted by atomic mass is 16.4. The van der Waals surface area contributed by atoms with Gasteiger partial charge in [-0.15, -0.1) is 10.2 Å². The van der Waals surface area contributed by atoms with Crippen molar-refractivity contribution in [3.8, 4) is 0 Å². The Kier molecular flexibility index (Phi) is 6.47. The Morgan fingerprint density at radius 3 is 2.32 bits per heavy atom. The molecule has 1 fully saturated rings. The van der Waals surface area contributed by atoms with E-state index >= 15 is 0 Å². The number of hydrogen-bond donors (Lipinski definition) is 1. The third-order valence-electron chi connectivity index (χ3n) is 6.19. The van der Waals surface area contributed by atoms with Crippen molar-refractivity contribution in [2.45, 2.75) is 51.1 Å². The van der Waals surface area contributed by atoms with E-state index < -0.39 is 5.54 Å². The smallest absolute Gasteiger partial charge is 0.241 e. The first kappa shape index (κ1) is 21.2. The summed E-state index contributed by atoms with van der Waals surface area (Å²) in [5, 5.41) is 11.8. The number of aryl methyl sites for hydroxylation is 1. The lowest BCUT2D eigenvalue weighted by atomic mass is 9.85. The van der Waals surface area contributed by atoms with Crippen LogP contribution in [0, 0.1) is 0 Å². The molecule has 0 radical (unpaired) electrons. The van der Waals surface area contributed by atoms with E-state index in [1.54, 1.807) is 0 Å². The number of nitrogens with one attached hydrogen (secondary N) is 1. The number of carbonyl (C=O) groups excluding carboxylic acids is 1. The number of benzene rings is 2. The Hall–Kier alpha value is -2.99. The van der Waals surface area contributed by atoms with Crippen molar-refractivity contribution in [3.63, 3.8) is 0 Å². The molecule has 1 unspecified atom stereocenters. The zero-order chi connectivity index (χ0) is 21.7. The summed E-state index contributed by atoms with van der Waals surface area (Å²) in [6, 6.07) is 20.3. The quantitative estimate of drug-likeness (QED) is 0.627. The topological polar surface area (TPSA) is 71.3 Å². The molecule has 1 saturated heterocycles. The van der Waals surface area contributed by atoms with Gasteiger partial charge in [-0.1, -0.05) is 67.6 Å². The number of amides is 1. The second-order valence-electron chi connectivity index (χ2n) is 8.32. The fourth-order valence-corrected chi connectivity index (χ4v) is 4.15. The number of likely N-dealkylation sites (tertiary alicyclic amines) is 1. The average molecular weight is 419 g/mol. The molecule has 0 aliphatic carbocycles. The lowest BCUT2D eigenvalue weighted by Crippen LogP contribution is -2.54. The predicted molar refractivity (Wildman–Crippen MR) is 119 cm³/mol. The molecule has 31 heavy (non-hydrogen) atoms. The van der Waals surface area contributed by atoms with Gasteiger partial charge in [0.25, 0.3) is 0 Å². The molecule has 2 heterocycles. The summed E-state index contributed by atoms with van der Waals surface area (Å²) in [5.41, 5.74) is 1.66. The molecular formula is C25H30N4O2. The van der Waals surface area contributed by atoms with Crippen molar-refractivity contribution in [1.82, 2.24) is 20.4 Å². The van der Waals surface area contributed by atoms with E-state index in [9.17, 15) is 4.79 Å². The molecule has 1 atom stereocenters. The first-order valence-corrected chi connectivity index (χ1v) is 11.1. The van der Waals surface area contributed by atoms with Crippen LogP contribution in [0.25, 0.3) is 0 Å². The highest BCUT2D eigenvalue weighted by Crippen LogP contribution is 2.34. The van der Waals surface area contributed by atoms with E-state index in [1.807, 2.05) is 50.2 Å². The minimum atomic E-state index is -0.631. The van der Waals surface area contributed by atoms with Crippen LogP contribution in [0.2, 0.25) is 0 Å². The number of rotatable bonds is 7. The Morgan fingerprint density at radius 1 is 1.06 bits per heavy atom. The van der Waals surface area contributed by atoms with Gasteiger partial charge in [-0.25, -0.2) is 0 Å². The molecule has 3 aromatic rings. The molecule has 2 aromatic carbocycles. The molecule has 6 heteroatoms. The van der Waals surface area contributed by atoms with Gasteiger partial charge >= 0.3 is 0 Å². The van der Waals surface area contributed by atoms with Crippen molar-refractivity contribution in [2.75, 3.05) is 13.1 Å². The molecule has 1 N–H and O–H groups in total. The van der Waals surface area contributed by atoms with Crippen LogP contribution in [-0.4, -0.2) is 34.1 Å². The minimum Gasteiger partial charge on any atom is -0.423 e. The van der Waals surface area contributed by atoms with Crippen molar-refractivity contribution < 1.29 is 9.21 Å². The largest absolute Gasteiger partial charge is 0.423 e. The molecule has 162 valence electrons. The number of nitrogens with zero attached hydrogens (tertiary/aromatic N) is 3. The van der Waals surface area contributed by atoms with Gasteiger partial charge in [-0.2, -0.15) is 0 Å². The maximum atomic E-state index is 13.2. The van der Waals surface area contributed by atoms with Crippen molar-refractivity contribution in [2.24, 2.45) is 0 Å². The summed E-state index contributed by atoms with van der Waals surface area (Å²) in [7, 11) is 0. The van der Waals surface area contributed by atoms with Gasteiger partial charge in [-0.05, 0) is 30.9 Å². The Balaban J connectivity index is 1.51. The van der Waals surface area contributed by atoms with Crippen molar-refractivity contribution >= 4 is 5.91 Å². The highest BCUT2D eigenvalue weighted by molar-refractivity contribution is 5.84. The third kappa shape index (κ3) is 4.85. The van der Waals surface area contributed by atoms with E-state index in [4.69, 9.17) is 4.42 Å². The van der Waals surface area contributed by atoms with Crippen LogP contribution in [0.5, 0.6) is 0 Å². The van der Waals surface area contributed by atoms with E-state index in [0.717, 1.165) is 38.0 Å². The fraction of sp³-hybridized carbons (Fsp3) is 0.400. The summed E-state index contributed by atoms with van der Waals surface area (Å²) >= 11 is 0. The minimum absolute atomic E-state index is 0.0149. The van der Waals surface area contributed by atoms with E-state index in [-0.39, 0.29) is 11.8 Å². The molecule has 0 bridgehead atoms. The molecule has 1 aliphatic rings. The Morgan fingerprint density at radius 2 is 1.71 bits per heavy atom. The zero-order valence-corrected chi connectivity index (χ0v) is 18.3. The van der Waals surface area contributed by atoms with Crippen molar-refractivity contribution in [1.29, 1.82) is 0 Å². The van der Waals surface area contributed by atoms with Crippen LogP contribution in [0.3, 0.4) is 0 Å². The van der Waals surface area contributed by atoms with Gasteiger partial charge in [0.15, 0.2) is 0 Å². The maximum Gasteiger partial charge on any atom is 0.241 e. The van der Waals surface area contributed by atoms with Gasteiger partial charge in [0.1, 0.15) is 5.54 Å². The number of carbonyl (C=O) groups is 1. The van der Waals surface area contributed by atoms with E-state index in [2.05, 4.69) is 44.7 Å². The number of hydrogen-bond acceptors (Lipinski definition) is 5. The van der Waals surface area contributed by atoms with Gasteiger partial charge in [0.05, 0.1) is 5.92 Å². The molecule has 1 aromatic heterocycles. The normalized spacial score (nSPS) is 17.2. The van der Waals surface area contributed by atoms with Gasteiger partial charge in [0, 0.05) is 26.1 Å². The average Bonchev–Trinajstić information content (AvgIpc) is 3.31. The van der Waals surface area contributed by atoms with Crippen LogP contribution < -0.4 is 5.32 Å². The van der Waals surface area contributed by atoms with Crippen molar-refractivity contribution in [3.05, 3.63) is 83.6 Å². The lowest BCUT2D eigenvalue weighted by molar-refractivity contribution is -0.125. The van der Waals surface area contributed by atoms with Gasteiger partial charge < -0.3 is 9.73 Å². The summed E-state index contributed by atoms with van der Waals surface area (Å²) in [6.07, 6.45) is 2.15. The van der Waals surface area contributed by atoms with Gasteiger partial charge in [-0.3, -0.25) is 9.69 Å². The zero-order valence-electron chi connectivity index (χ0n) is 18.3. The van der Waals surface area contributed by atoms with Crippen LogP contribution in [0.15, 0.2) is 65.1 Å². The predicted octanol–water partition coefficient (Wildman–Crippen LogP) is 4.04. The summed E-state index contributed by atoms with van der Waals surface area (Å²) < 4.78 is 5.96. The highest BCUT2D eigenvalue weighted by Gasteiger charge is 2.43. The van der Waals surface area contributed by atoms with Crippen LogP contribution in [0.4, 0.5) is 0 Å². The first-order chi connectivity index (χ1) is 15.1. The van der Waals surface area contributed by atoms with Crippen LogP contribution in [0.1, 0.15) is 55.5 Å². The standard InChI is InChI=1S/C25H30N4O2/c1-3-22-27-28-24(31-22)25(26-23(30)19(2)21-12-8-5-9-13-21)14-16-29(17-15-25)18-20-10-6-4-7-11-20/h4-13,19H,3,14-18H2,1-2H3,(H,26,30). The molecule has 0 spiro atoms. The van der Waals surface area contributed by atoms with E-state index in [1.165, 1.54) is 5.56 Å². The van der Waals surface area contributed by atoms with Crippen LogP contribution in [-0.2, 0) is 23.3 Å². The van der Waals surface area contributed by atoms with E-state index in [0.29, 0.717) is 18.2 Å². The van der Waals surface area contributed by atoms with Gasteiger partial charge in [0.2, 0.25) is 17.7 Å². The summed E-state index contributed by atoms with van der Waals surface area (Å²) in [4.78, 5) is 15.6. The first-order valence-electron chi connectivity index (χ1n) is 11.1. The molecular weight excluding hydrogens is 388 g/mol. The second-order valence-corrected chi connectivity index (χ2v) is 8.32. The number of piperidine rings is 1. The monoisotopic (exact) mass is 418 g/mol. The molecule has 1 aliphatic heterocycles. The summed E-state index contributed by atoms with van der Waals surface area (Å²) in [5.74, 6) is 0.858. The number of aromatic nitrogens is 2. The SMILES string of the molecule is CCc1nnc(C2(NC(=O)C(C)c3ccccc3)CCN(Cc3ccccc3)CC2)o1. The lowest BCUT2D eigenvalue weighted by Gasteiger charge is -2.40. The Labute approximate surface area is 183 Å². The molecule has 6 nitrogen and oxygen atoms in total.